The zero-order valence-corrected chi connectivity index (χ0v) is 8.83. The van der Waals surface area contributed by atoms with Crippen LogP contribution in [0.3, 0.4) is 0 Å². The summed E-state index contributed by atoms with van der Waals surface area (Å²) in [6, 6.07) is 0. The Kier molecular flexibility index (Phi) is 1.26. The zero-order valence-electron chi connectivity index (χ0n) is 8.83. The van der Waals surface area contributed by atoms with Gasteiger partial charge in [-0.1, -0.05) is 39.8 Å². The molecule has 0 aromatic rings. The van der Waals surface area contributed by atoms with E-state index in [1.807, 2.05) is 0 Å². The van der Waals surface area contributed by atoms with E-state index in [2.05, 4.69) is 34.3 Å². The fraction of sp³-hybridized carbons (Fsp3) is 0.833. The molecule has 0 radical (unpaired) electrons. The molecule has 0 aromatic heterocycles. The fourth-order valence-corrected chi connectivity index (χ4v) is 3.50. The molecular formula is C12H20. The molecule has 0 spiro atoms. The van der Waals surface area contributed by atoms with Crippen LogP contribution in [0.2, 0.25) is 0 Å². The molecule has 2 saturated carbocycles. The Hall–Kier alpha value is -0.260. The van der Waals surface area contributed by atoms with Gasteiger partial charge < -0.3 is 0 Å². The fourth-order valence-electron chi connectivity index (χ4n) is 3.50. The number of allylic oxidation sites excluding steroid dienone is 1. The lowest BCUT2D eigenvalue weighted by atomic mass is 9.63. The predicted octanol–water partition coefficient (Wildman–Crippen LogP) is 3.78. The number of fused-ring (bicyclic) bond motifs is 2. The van der Waals surface area contributed by atoms with Gasteiger partial charge in [-0.3, -0.25) is 0 Å². The van der Waals surface area contributed by atoms with E-state index in [1.165, 1.54) is 24.8 Å². The summed E-state index contributed by atoms with van der Waals surface area (Å²) < 4.78 is 0. The van der Waals surface area contributed by atoms with Crippen molar-refractivity contribution >= 4 is 0 Å². The first-order chi connectivity index (χ1) is 5.32. The maximum atomic E-state index is 4.31. The van der Waals surface area contributed by atoms with Crippen molar-refractivity contribution in [1.82, 2.24) is 0 Å². The lowest BCUT2D eigenvalue weighted by Gasteiger charge is -2.42. The maximum absolute atomic E-state index is 4.31. The molecule has 0 heteroatoms. The molecule has 2 atom stereocenters. The van der Waals surface area contributed by atoms with Crippen molar-refractivity contribution in [1.29, 1.82) is 0 Å². The van der Waals surface area contributed by atoms with E-state index < -0.39 is 0 Å². The van der Waals surface area contributed by atoms with Crippen molar-refractivity contribution < 1.29 is 0 Å². The van der Waals surface area contributed by atoms with E-state index in [0.29, 0.717) is 16.2 Å². The van der Waals surface area contributed by atoms with Gasteiger partial charge >= 0.3 is 0 Å². The molecule has 2 rings (SSSR count). The second-order valence-electron chi connectivity index (χ2n) is 5.90. The molecule has 0 nitrogen and oxygen atoms in total. The van der Waals surface area contributed by atoms with E-state index in [9.17, 15) is 0 Å². The van der Waals surface area contributed by atoms with Gasteiger partial charge in [-0.15, -0.1) is 0 Å². The Labute approximate surface area is 76.1 Å². The average molecular weight is 164 g/mol. The largest absolute Gasteiger partial charge is 0.0987 e. The predicted molar refractivity (Wildman–Crippen MR) is 53.0 cm³/mol. The van der Waals surface area contributed by atoms with E-state index in [-0.39, 0.29) is 0 Å². The molecule has 0 amide bonds. The first kappa shape index (κ1) is 8.34. The highest BCUT2D eigenvalue weighted by molar-refractivity contribution is 5.32. The Morgan fingerprint density at radius 1 is 1.08 bits per heavy atom. The monoisotopic (exact) mass is 164 g/mol. The highest BCUT2D eigenvalue weighted by Crippen LogP contribution is 2.71. The summed E-state index contributed by atoms with van der Waals surface area (Å²) in [6.07, 6.45) is 4.13. The standard InChI is InChI=1S/C12H20/c1-9-10(2,3)12(5)7-6-11(9,4)8-12/h1,6-8H2,2-5H3. The lowest BCUT2D eigenvalue weighted by Crippen LogP contribution is -2.32. The Morgan fingerprint density at radius 2 is 1.67 bits per heavy atom. The van der Waals surface area contributed by atoms with Crippen molar-refractivity contribution in [2.24, 2.45) is 16.2 Å². The van der Waals surface area contributed by atoms with Gasteiger partial charge in [0.1, 0.15) is 0 Å². The molecule has 12 heavy (non-hydrogen) atoms. The molecule has 0 heterocycles. The normalized spacial score (nSPS) is 50.2. The van der Waals surface area contributed by atoms with Crippen molar-refractivity contribution in [2.75, 3.05) is 0 Å². The quantitative estimate of drug-likeness (QED) is 0.478. The van der Waals surface area contributed by atoms with Crippen LogP contribution in [-0.4, -0.2) is 0 Å². The van der Waals surface area contributed by atoms with Gasteiger partial charge in [0.15, 0.2) is 0 Å². The SMILES string of the molecule is C=C1C2(C)CCC(C)(C2)C1(C)C. The summed E-state index contributed by atoms with van der Waals surface area (Å²) in [4.78, 5) is 0. The molecule has 2 fully saturated rings. The minimum Gasteiger partial charge on any atom is -0.0987 e. The summed E-state index contributed by atoms with van der Waals surface area (Å²) in [5, 5.41) is 0. The first-order valence-electron chi connectivity index (χ1n) is 5.02. The van der Waals surface area contributed by atoms with Crippen molar-refractivity contribution in [3.63, 3.8) is 0 Å². The van der Waals surface area contributed by atoms with Crippen LogP contribution in [0, 0.1) is 16.2 Å². The minimum atomic E-state index is 0.375. The summed E-state index contributed by atoms with van der Waals surface area (Å²) in [5.41, 5.74) is 2.89. The highest BCUT2D eigenvalue weighted by Gasteiger charge is 2.61. The average Bonchev–Trinajstić information content (AvgIpc) is 2.32. The summed E-state index contributed by atoms with van der Waals surface area (Å²) >= 11 is 0. The Morgan fingerprint density at radius 3 is 1.92 bits per heavy atom. The topological polar surface area (TPSA) is 0 Å². The lowest BCUT2D eigenvalue weighted by molar-refractivity contribution is 0.156. The second-order valence-corrected chi connectivity index (χ2v) is 5.90. The van der Waals surface area contributed by atoms with Crippen molar-refractivity contribution in [2.45, 2.75) is 47.0 Å². The van der Waals surface area contributed by atoms with E-state index >= 15 is 0 Å². The molecule has 68 valence electrons. The van der Waals surface area contributed by atoms with Crippen molar-refractivity contribution in [3.8, 4) is 0 Å². The molecule has 0 aromatic carbocycles. The summed E-state index contributed by atoms with van der Waals surface area (Å²) in [7, 11) is 0. The van der Waals surface area contributed by atoms with Crippen LogP contribution in [0.5, 0.6) is 0 Å². The molecule has 0 N–H and O–H groups in total. The Bertz CT molecular complexity index is 249. The molecule has 2 aliphatic carbocycles. The number of hydrogen-bond donors (Lipinski definition) is 0. The van der Waals surface area contributed by atoms with E-state index in [0.717, 1.165) is 0 Å². The van der Waals surface area contributed by atoms with Crippen LogP contribution in [0.4, 0.5) is 0 Å². The Balaban J connectivity index is 2.51. The number of hydrogen-bond acceptors (Lipinski definition) is 0. The van der Waals surface area contributed by atoms with Crippen LogP contribution in [-0.2, 0) is 0 Å². The smallest absolute Gasteiger partial charge is 0.00878 e. The van der Waals surface area contributed by atoms with E-state index in [4.69, 9.17) is 0 Å². The van der Waals surface area contributed by atoms with Gasteiger partial charge in [-0.25, -0.2) is 0 Å². The highest BCUT2D eigenvalue weighted by atomic mass is 14.7. The molecule has 0 saturated heterocycles. The van der Waals surface area contributed by atoms with Crippen LogP contribution < -0.4 is 0 Å². The molecule has 2 aliphatic rings. The number of rotatable bonds is 0. The van der Waals surface area contributed by atoms with Crippen LogP contribution in [0.15, 0.2) is 12.2 Å². The summed E-state index contributed by atoms with van der Waals surface area (Å²) in [5.74, 6) is 0. The van der Waals surface area contributed by atoms with Gasteiger partial charge in [0.05, 0.1) is 0 Å². The van der Waals surface area contributed by atoms with E-state index in [1.54, 1.807) is 0 Å². The second kappa shape index (κ2) is 1.81. The third-order valence-electron chi connectivity index (χ3n) is 5.00. The van der Waals surface area contributed by atoms with Gasteiger partial charge in [0.25, 0.3) is 0 Å². The van der Waals surface area contributed by atoms with Crippen molar-refractivity contribution in [3.05, 3.63) is 12.2 Å². The van der Waals surface area contributed by atoms with Crippen LogP contribution in [0.1, 0.15) is 47.0 Å². The van der Waals surface area contributed by atoms with Gasteiger partial charge in [-0.05, 0) is 35.5 Å². The van der Waals surface area contributed by atoms with Gasteiger partial charge in [0.2, 0.25) is 0 Å². The molecule has 2 unspecified atom stereocenters. The third-order valence-corrected chi connectivity index (χ3v) is 5.00. The third kappa shape index (κ3) is 0.654. The minimum absolute atomic E-state index is 0.375. The van der Waals surface area contributed by atoms with Crippen LogP contribution in [0.25, 0.3) is 0 Å². The summed E-state index contributed by atoms with van der Waals surface area (Å²) in [6.45, 7) is 13.9. The maximum Gasteiger partial charge on any atom is -0.00878 e. The molecular weight excluding hydrogens is 144 g/mol. The van der Waals surface area contributed by atoms with Gasteiger partial charge in [0, 0.05) is 0 Å². The van der Waals surface area contributed by atoms with Crippen LogP contribution >= 0.6 is 0 Å². The zero-order chi connectivity index (χ0) is 9.20. The molecule has 0 aliphatic heterocycles. The first-order valence-corrected chi connectivity index (χ1v) is 5.02. The molecule has 2 bridgehead atoms. The van der Waals surface area contributed by atoms with Gasteiger partial charge in [-0.2, -0.15) is 0 Å².